The molecule has 2 aromatic heterocycles. The fourth-order valence-electron chi connectivity index (χ4n) is 2.66. The molecular formula is C13H15F2N3OS. The first-order chi connectivity index (χ1) is 9.56. The monoisotopic (exact) mass is 299 g/mol. The van der Waals surface area contributed by atoms with Gasteiger partial charge in [0.15, 0.2) is 0 Å². The lowest BCUT2D eigenvalue weighted by molar-refractivity contribution is 0.0666. The molecule has 0 spiro atoms. The van der Waals surface area contributed by atoms with E-state index in [-0.39, 0.29) is 17.2 Å². The molecule has 0 saturated heterocycles. The second-order valence-corrected chi connectivity index (χ2v) is 6.25. The van der Waals surface area contributed by atoms with Crippen molar-refractivity contribution in [2.45, 2.75) is 39.3 Å². The Morgan fingerprint density at radius 1 is 1.55 bits per heavy atom. The Labute approximate surface area is 118 Å². The molecule has 1 aliphatic carbocycles. The van der Waals surface area contributed by atoms with Gasteiger partial charge in [-0.1, -0.05) is 18.3 Å². The summed E-state index contributed by atoms with van der Waals surface area (Å²) in [5, 5.41) is 0. The zero-order chi connectivity index (χ0) is 14.3. The maximum atomic E-state index is 12.8. The SMILES string of the molecule is CC1CCc2c(sc(=O)n2Cc2nccn2C(F)F)C1. The number of fused-ring (bicyclic) bond motifs is 1. The highest BCUT2D eigenvalue weighted by molar-refractivity contribution is 7.09. The molecule has 0 N–H and O–H groups in total. The molecule has 20 heavy (non-hydrogen) atoms. The van der Waals surface area contributed by atoms with Crippen LogP contribution < -0.4 is 4.87 Å². The highest BCUT2D eigenvalue weighted by Crippen LogP contribution is 2.27. The van der Waals surface area contributed by atoms with Crippen molar-refractivity contribution in [2.75, 3.05) is 0 Å². The predicted octanol–water partition coefficient (Wildman–Crippen LogP) is 2.67. The van der Waals surface area contributed by atoms with E-state index in [4.69, 9.17) is 0 Å². The number of thiazole rings is 1. The van der Waals surface area contributed by atoms with E-state index in [1.807, 2.05) is 0 Å². The second-order valence-electron chi connectivity index (χ2n) is 5.20. The van der Waals surface area contributed by atoms with E-state index in [0.29, 0.717) is 5.92 Å². The van der Waals surface area contributed by atoms with Gasteiger partial charge in [-0.15, -0.1) is 0 Å². The Morgan fingerprint density at radius 2 is 2.35 bits per heavy atom. The number of rotatable bonds is 3. The standard InChI is InChI=1S/C13H15F2N3OS/c1-8-2-3-9-10(6-8)20-13(19)18(9)7-11-16-4-5-17(11)12(14)15/h4-5,8,12H,2-3,6-7H2,1H3. The number of hydrogen-bond acceptors (Lipinski definition) is 3. The van der Waals surface area contributed by atoms with Crippen molar-refractivity contribution in [2.24, 2.45) is 5.92 Å². The van der Waals surface area contributed by atoms with Gasteiger partial charge in [-0.05, 0) is 25.2 Å². The van der Waals surface area contributed by atoms with Crippen molar-refractivity contribution < 1.29 is 8.78 Å². The summed E-state index contributed by atoms with van der Waals surface area (Å²) in [5.74, 6) is 0.804. The normalized spacial score (nSPS) is 18.5. The predicted molar refractivity (Wildman–Crippen MR) is 72.4 cm³/mol. The van der Waals surface area contributed by atoms with Gasteiger partial charge in [0.25, 0.3) is 0 Å². The van der Waals surface area contributed by atoms with Crippen molar-refractivity contribution in [3.8, 4) is 0 Å². The third-order valence-electron chi connectivity index (χ3n) is 3.75. The minimum atomic E-state index is -2.63. The molecule has 1 atom stereocenters. The van der Waals surface area contributed by atoms with E-state index in [2.05, 4.69) is 11.9 Å². The summed E-state index contributed by atoms with van der Waals surface area (Å²) < 4.78 is 28.0. The molecular weight excluding hydrogens is 284 g/mol. The van der Waals surface area contributed by atoms with Gasteiger partial charge in [-0.3, -0.25) is 13.9 Å². The molecule has 3 rings (SSSR count). The number of hydrogen-bond donors (Lipinski definition) is 0. The number of aromatic nitrogens is 3. The summed E-state index contributed by atoms with van der Waals surface area (Å²) in [6, 6.07) is 0. The van der Waals surface area contributed by atoms with Crippen LogP contribution in [0.15, 0.2) is 17.2 Å². The van der Waals surface area contributed by atoms with Crippen LogP contribution in [0.4, 0.5) is 8.78 Å². The quantitative estimate of drug-likeness (QED) is 0.874. The first-order valence-electron chi connectivity index (χ1n) is 6.57. The Kier molecular flexibility index (Phi) is 3.45. The molecule has 1 aliphatic rings. The van der Waals surface area contributed by atoms with Gasteiger partial charge < -0.3 is 0 Å². The van der Waals surface area contributed by atoms with Gasteiger partial charge >= 0.3 is 11.4 Å². The van der Waals surface area contributed by atoms with E-state index in [1.54, 1.807) is 4.57 Å². The zero-order valence-corrected chi connectivity index (χ0v) is 11.9. The van der Waals surface area contributed by atoms with E-state index in [0.717, 1.165) is 34.4 Å². The van der Waals surface area contributed by atoms with Crippen LogP contribution in [0, 0.1) is 5.92 Å². The molecule has 2 aromatic rings. The molecule has 0 bridgehead atoms. The van der Waals surface area contributed by atoms with Crippen molar-refractivity contribution in [3.05, 3.63) is 38.5 Å². The fraction of sp³-hybridized carbons (Fsp3) is 0.538. The molecule has 0 fully saturated rings. The van der Waals surface area contributed by atoms with Crippen molar-refractivity contribution >= 4 is 11.3 Å². The third-order valence-corrected chi connectivity index (χ3v) is 4.79. The maximum absolute atomic E-state index is 12.8. The second kappa shape index (κ2) is 5.12. The number of alkyl halides is 2. The molecule has 4 nitrogen and oxygen atoms in total. The lowest BCUT2D eigenvalue weighted by Crippen LogP contribution is -2.21. The number of nitrogens with zero attached hydrogens (tertiary/aromatic N) is 3. The van der Waals surface area contributed by atoms with Gasteiger partial charge in [0.1, 0.15) is 5.82 Å². The molecule has 0 aliphatic heterocycles. The molecule has 0 amide bonds. The topological polar surface area (TPSA) is 39.8 Å². The van der Waals surface area contributed by atoms with Crippen LogP contribution in [0.25, 0.3) is 0 Å². The largest absolute Gasteiger partial charge is 0.319 e. The smallest absolute Gasteiger partial charge is 0.295 e. The Bertz CT molecular complexity index is 673. The van der Waals surface area contributed by atoms with Crippen LogP contribution in [-0.2, 0) is 19.4 Å². The molecule has 0 saturated carbocycles. The zero-order valence-electron chi connectivity index (χ0n) is 11.1. The van der Waals surface area contributed by atoms with Crippen LogP contribution in [0.1, 0.15) is 36.3 Å². The highest BCUT2D eigenvalue weighted by atomic mass is 32.1. The third kappa shape index (κ3) is 2.30. The number of halogens is 2. The Morgan fingerprint density at radius 3 is 3.10 bits per heavy atom. The molecule has 0 radical (unpaired) electrons. The van der Waals surface area contributed by atoms with Gasteiger partial charge in [0, 0.05) is 23.0 Å². The minimum absolute atomic E-state index is 0.0760. The summed E-state index contributed by atoms with van der Waals surface area (Å²) in [4.78, 5) is 17.0. The summed E-state index contributed by atoms with van der Waals surface area (Å²) in [6.45, 7) is -0.338. The van der Waals surface area contributed by atoms with Crippen molar-refractivity contribution in [3.63, 3.8) is 0 Å². The fourth-order valence-corrected chi connectivity index (χ4v) is 3.85. The van der Waals surface area contributed by atoms with Crippen LogP contribution in [0.2, 0.25) is 0 Å². The van der Waals surface area contributed by atoms with E-state index >= 15 is 0 Å². The molecule has 7 heteroatoms. The summed E-state index contributed by atoms with van der Waals surface area (Å²) in [5.41, 5.74) is 1.00. The minimum Gasteiger partial charge on any atom is -0.295 e. The van der Waals surface area contributed by atoms with Crippen LogP contribution in [0.5, 0.6) is 0 Å². The number of imidazole rings is 1. The van der Waals surface area contributed by atoms with Gasteiger partial charge in [-0.25, -0.2) is 4.98 Å². The molecule has 2 heterocycles. The Balaban J connectivity index is 1.96. The lowest BCUT2D eigenvalue weighted by atomic mass is 9.93. The molecule has 108 valence electrons. The van der Waals surface area contributed by atoms with Crippen molar-refractivity contribution in [1.82, 2.24) is 14.1 Å². The summed E-state index contributed by atoms with van der Waals surface area (Å²) in [6.07, 6.45) is 5.36. The molecule has 1 unspecified atom stereocenters. The van der Waals surface area contributed by atoms with Crippen LogP contribution in [-0.4, -0.2) is 14.1 Å². The van der Waals surface area contributed by atoms with E-state index in [1.165, 1.54) is 23.7 Å². The highest BCUT2D eigenvalue weighted by Gasteiger charge is 2.23. The average Bonchev–Trinajstić information content (AvgIpc) is 2.95. The van der Waals surface area contributed by atoms with E-state index < -0.39 is 6.55 Å². The Hall–Kier alpha value is -1.50. The van der Waals surface area contributed by atoms with Gasteiger partial charge in [-0.2, -0.15) is 8.78 Å². The first-order valence-corrected chi connectivity index (χ1v) is 7.39. The average molecular weight is 299 g/mol. The lowest BCUT2D eigenvalue weighted by Gasteiger charge is -2.19. The van der Waals surface area contributed by atoms with Gasteiger partial charge in [0.2, 0.25) is 0 Å². The summed E-state index contributed by atoms with van der Waals surface area (Å²) in [7, 11) is 0. The first kappa shape index (κ1) is 13.5. The van der Waals surface area contributed by atoms with Crippen molar-refractivity contribution in [1.29, 1.82) is 0 Å². The molecule has 0 aromatic carbocycles. The van der Waals surface area contributed by atoms with E-state index in [9.17, 15) is 13.6 Å². The van der Waals surface area contributed by atoms with Crippen LogP contribution >= 0.6 is 11.3 Å². The van der Waals surface area contributed by atoms with Gasteiger partial charge in [0.05, 0.1) is 6.54 Å². The maximum Gasteiger partial charge on any atom is 0.319 e. The summed E-state index contributed by atoms with van der Waals surface area (Å²) >= 11 is 1.24. The van der Waals surface area contributed by atoms with Crippen LogP contribution in [0.3, 0.4) is 0 Å².